The number of rotatable bonds is 2. The maximum atomic E-state index is 11.2. The van der Waals surface area contributed by atoms with Gasteiger partial charge in [0.2, 0.25) is 0 Å². The van der Waals surface area contributed by atoms with Gasteiger partial charge in [-0.05, 0) is 26.3 Å². The number of fused-ring (bicyclic) bond motifs is 1. The van der Waals surface area contributed by atoms with E-state index in [2.05, 4.69) is 36.1 Å². The second kappa shape index (κ2) is 6.19. The maximum Gasteiger partial charge on any atom is 0.264 e. The molecule has 0 radical (unpaired) electrons. The van der Waals surface area contributed by atoms with E-state index in [-0.39, 0.29) is 5.56 Å². The molecule has 0 aliphatic carbocycles. The molecular formula is C17H21N7O. The van der Waals surface area contributed by atoms with Crippen LogP contribution in [0.15, 0.2) is 29.1 Å². The van der Waals surface area contributed by atoms with Crippen molar-refractivity contribution in [1.82, 2.24) is 24.8 Å². The molecule has 8 nitrogen and oxygen atoms in total. The van der Waals surface area contributed by atoms with E-state index in [1.165, 1.54) is 6.07 Å². The molecule has 1 saturated heterocycles. The summed E-state index contributed by atoms with van der Waals surface area (Å²) in [7, 11) is 0. The van der Waals surface area contributed by atoms with Crippen molar-refractivity contribution in [2.75, 3.05) is 36.0 Å². The highest BCUT2D eigenvalue weighted by Crippen LogP contribution is 2.21. The molecule has 8 heteroatoms. The van der Waals surface area contributed by atoms with E-state index < -0.39 is 0 Å². The van der Waals surface area contributed by atoms with Gasteiger partial charge in [0.05, 0.1) is 5.69 Å². The van der Waals surface area contributed by atoms with Gasteiger partial charge in [0.25, 0.3) is 5.56 Å². The fourth-order valence-electron chi connectivity index (χ4n) is 3.31. The van der Waals surface area contributed by atoms with E-state index in [1.807, 2.05) is 24.4 Å². The van der Waals surface area contributed by atoms with Crippen molar-refractivity contribution in [2.45, 2.75) is 20.3 Å². The van der Waals surface area contributed by atoms with Crippen molar-refractivity contribution >= 4 is 17.3 Å². The number of nitrogens with zero attached hydrogens (tertiary/aromatic N) is 6. The van der Waals surface area contributed by atoms with E-state index in [0.29, 0.717) is 0 Å². The Labute approximate surface area is 145 Å². The topological polar surface area (TPSA) is 82.4 Å². The number of nitrogens with one attached hydrogen (secondary N) is 1. The minimum atomic E-state index is -0.177. The lowest BCUT2D eigenvalue weighted by atomic mass is 10.3. The third kappa shape index (κ3) is 3.07. The molecule has 1 N–H and O–H groups in total. The van der Waals surface area contributed by atoms with Crippen LogP contribution in [0.4, 0.5) is 11.6 Å². The molecular weight excluding hydrogens is 318 g/mol. The van der Waals surface area contributed by atoms with Gasteiger partial charge in [-0.3, -0.25) is 4.79 Å². The van der Waals surface area contributed by atoms with Crippen molar-refractivity contribution < 1.29 is 0 Å². The van der Waals surface area contributed by atoms with Crippen LogP contribution in [-0.4, -0.2) is 51.0 Å². The number of anilines is 2. The molecule has 130 valence electrons. The molecule has 4 heterocycles. The zero-order valence-electron chi connectivity index (χ0n) is 14.4. The second-order valence-electron chi connectivity index (χ2n) is 6.42. The van der Waals surface area contributed by atoms with Crippen LogP contribution in [0.25, 0.3) is 5.65 Å². The summed E-state index contributed by atoms with van der Waals surface area (Å²) < 4.78 is 1.93. The van der Waals surface area contributed by atoms with Crippen LogP contribution in [0.3, 0.4) is 0 Å². The predicted octanol–water partition coefficient (Wildman–Crippen LogP) is 1.15. The third-order valence-electron chi connectivity index (χ3n) is 4.47. The maximum absolute atomic E-state index is 11.2. The van der Waals surface area contributed by atoms with Crippen LogP contribution >= 0.6 is 0 Å². The van der Waals surface area contributed by atoms with E-state index in [4.69, 9.17) is 0 Å². The van der Waals surface area contributed by atoms with Crippen LogP contribution < -0.4 is 15.4 Å². The molecule has 0 amide bonds. The Morgan fingerprint density at radius 2 is 1.80 bits per heavy atom. The Hall–Kier alpha value is -2.90. The van der Waals surface area contributed by atoms with Crippen molar-refractivity contribution in [3.05, 3.63) is 46.0 Å². The number of hydrogen-bond donors (Lipinski definition) is 1. The number of aromatic nitrogens is 5. The summed E-state index contributed by atoms with van der Waals surface area (Å²) in [4.78, 5) is 20.3. The van der Waals surface area contributed by atoms with E-state index in [9.17, 15) is 4.79 Å². The minimum absolute atomic E-state index is 0.177. The average molecular weight is 339 g/mol. The van der Waals surface area contributed by atoms with Gasteiger partial charge < -0.3 is 9.80 Å². The quantitative estimate of drug-likeness (QED) is 0.754. The highest BCUT2D eigenvalue weighted by atomic mass is 16.1. The number of aryl methyl sites for hydroxylation is 2. The van der Waals surface area contributed by atoms with Crippen molar-refractivity contribution in [3.8, 4) is 0 Å². The summed E-state index contributed by atoms with van der Waals surface area (Å²) in [5.74, 6) is 1.89. The molecule has 3 aromatic heterocycles. The van der Waals surface area contributed by atoms with Crippen LogP contribution in [-0.2, 0) is 0 Å². The molecule has 0 bridgehead atoms. The van der Waals surface area contributed by atoms with Gasteiger partial charge >= 0.3 is 0 Å². The van der Waals surface area contributed by atoms with E-state index in [0.717, 1.165) is 61.3 Å². The Morgan fingerprint density at radius 1 is 1.00 bits per heavy atom. The molecule has 0 spiro atoms. The zero-order chi connectivity index (χ0) is 17.4. The van der Waals surface area contributed by atoms with Gasteiger partial charge in [-0.2, -0.15) is 14.7 Å². The first-order valence-electron chi connectivity index (χ1n) is 8.50. The van der Waals surface area contributed by atoms with Gasteiger partial charge in [-0.15, -0.1) is 0 Å². The normalized spacial score (nSPS) is 15.6. The summed E-state index contributed by atoms with van der Waals surface area (Å²) in [6.45, 7) is 7.54. The lowest BCUT2D eigenvalue weighted by molar-refractivity contribution is 0.765. The fourth-order valence-corrected chi connectivity index (χ4v) is 3.31. The molecule has 0 aromatic carbocycles. The second-order valence-corrected chi connectivity index (χ2v) is 6.42. The standard InChI is InChI=1S/C17H21N7O/c1-12-11-17(24-15(18-12)10-13(2)21-24)23-7-3-6-22(8-9-23)14-4-5-16(25)20-19-14/h4-5,10-11H,3,6-9H2,1-2H3,(H,20,25). The van der Waals surface area contributed by atoms with Crippen molar-refractivity contribution in [2.24, 2.45) is 0 Å². The van der Waals surface area contributed by atoms with Gasteiger partial charge in [0, 0.05) is 50.1 Å². The molecule has 3 aromatic rings. The van der Waals surface area contributed by atoms with E-state index in [1.54, 1.807) is 6.07 Å². The first-order chi connectivity index (χ1) is 12.1. The predicted molar refractivity (Wildman–Crippen MR) is 96.4 cm³/mol. The smallest absolute Gasteiger partial charge is 0.264 e. The Balaban J connectivity index is 1.61. The molecule has 0 atom stereocenters. The molecule has 1 fully saturated rings. The molecule has 0 unspecified atom stereocenters. The summed E-state index contributed by atoms with van der Waals surface area (Å²) in [5.41, 5.74) is 2.67. The van der Waals surface area contributed by atoms with E-state index >= 15 is 0 Å². The highest BCUT2D eigenvalue weighted by molar-refractivity contribution is 5.52. The van der Waals surface area contributed by atoms with Crippen LogP contribution in [0, 0.1) is 13.8 Å². The van der Waals surface area contributed by atoms with Gasteiger partial charge in [0.15, 0.2) is 5.65 Å². The van der Waals surface area contributed by atoms with Crippen LogP contribution in [0.5, 0.6) is 0 Å². The number of H-pyrrole nitrogens is 1. The van der Waals surface area contributed by atoms with Gasteiger partial charge in [-0.25, -0.2) is 10.1 Å². The lowest BCUT2D eigenvalue weighted by Gasteiger charge is -2.24. The van der Waals surface area contributed by atoms with Crippen LogP contribution in [0.1, 0.15) is 17.8 Å². The summed E-state index contributed by atoms with van der Waals surface area (Å²) >= 11 is 0. The number of hydrogen-bond acceptors (Lipinski definition) is 6. The Kier molecular flexibility index (Phi) is 3.87. The summed E-state index contributed by atoms with van der Waals surface area (Å²) in [5, 5.41) is 11.3. The summed E-state index contributed by atoms with van der Waals surface area (Å²) in [6.07, 6.45) is 1.00. The molecule has 4 rings (SSSR count). The largest absolute Gasteiger partial charge is 0.355 e. The first-order valence-corrected chi connectivity index (χ1v) is 8.50. The minimum Gasteiger partial charge on any atom is -0.355 e. The van der Waals surface area contributed by atoms with Gasteiger partial charge in [0.1, 0.15) is 11.6 Å². The Morgan fingerprint density at radius 3 is 2.60 bits per heavy atom. The highest BCUT2D eigenvalue weighted by Gasteiger charge is 2.19. The molecule has 1 aliphatic rings. The SMILES string of the molecule is Cc1cc(N2CCCN(c3ccc(=O)[nH]n3)CC2)n2nc(C)cc2n1. The van der Waals surface area contributed by atoms with Crippen LogP contribution in [0.2, 0.25) is 0 Å². The fraction of sp³-hybridized carbons (Fsp3) is 0.412. The zero-order valence-corrected chi connectivity index (χ0v) is 14.4. The monoisotopic (exact) mass is 339 g/mol. The third-order valence-corrected chi connectivity index (χ3v) is 4.47. The Bertz CT molecular complexity index is 941. The summed E-state index contributed by atoms with van der Waals surface area (Å²) in [6, 6.07) is 7.39. The first kappa shape index (κ1) is 15.6. The molecule has 1 aliphatic heterocycles. The molecule has 0 saturated carbocycles. The van der Waals surface area contributed by atoms with Crippen molar-refractivity contribution in [3.63, 3.8) is 0 Å². The average Bonchev–Trinajstić information content (AvgIpc) is 2.80. The number of aromatic amines is 1. The molecule has 25 heavy (non-hydrogen) atoms. The lowest BCUT2D eigenvalue weighted by Crippen LogP contribution is -2.32. The van der Waals surface area contributed by atoms with Crippen molar-refractivity contribution in [1.29, 1.82) is 0 Å². The van der Waals surface area contributed by atoms with Gasteiger partial charge in [-0.1, -0.05) is 0 Å².